The minimum Gasteiger partial charge on any atom is -0.490 e. The zero-order valence-electron chi connectivity index (χ0n) is 9.69. The van der Waals surface area contributed by atoms with E-state index in [0.29, 0.717) is 11.7 Å². The topological polar surface area (TPSA) is 26.3 Å². The van der Waals surface area contributed by atoms with Crippen LogP contribution >= 0.6 is 0 Å². The van der Waals surface area contributed by atoms with E-state index in [0.717, 1.165) is 24.2 Å². The van der Waals surface area contributed by atoms with Gasteiger partial charge in [0.1, 0.15) is 5.75 Å². The Labute approximate surface area is 95.9 Å². The lowest BCUT2D eigenvalue weighted by Gasteiger charge is -2.04. The van der Waals surface area contributed by atoms with Gasteiger partial charge < -0.3 is 4.74 Å². The maximum absolute atomic E-state index is 11.7. The molecule has 0 amide bonds. The first-order valence-corrected chi connectivity index (χ1v) is 5.61. The normalized spacial score (nSPS) is 14.4. The molecule has 0 saturated heterocycles. The van der Waals surface area contributed by atoms with Gasteiger partial charge in [-0.1, -0.05) is 5.57 Å². The number of hydrogen-bond acceptors (Lipinski definition) is 2. The molecule has 0 radical (unpaired) electrons. The van der Waals surface area contributed by atoms with Crippen molar-refractivity contribution < 1.29 is 9.53 Å². The molecule has 1 fully saturated rings. The van der Waals surface area contributed by atoms with Crippen molar-refractivity contribution in [2.24, 2.45) is 0 Å². The number of ketones is 1. The maximum atomic E-state index is 11.7. The van der Waals surface area contributed by atoms with Gasteiger partial charge in [0.15, 0.2) is 5.78 Å². The zero-order valence-corrected chi connectivity index (χ0v) is 9.69. The smallest absolute Gasteiger partial charge is 0.185 e. The predicted octanol–water partition coefficient (Wildman–Crippen LogP) is 3.38. The Hall–Kier alpha value is -1.57. The highest BCUT2D eigenvalue weighted by Crippen LogP contribution is 2.26. The summed E-state index contributed by atoms with van der Waals surface area (Å²) in [5.74, 6) is 0.911. The molecule has 1 aromatic rings. The quantitative estimate of drug-likeness (QED) is 0.569. The highest BCUT2D eigenvalue weighted by molar-refractivity contribution is 6.04. The fraction of sp³-hybridized carbons (Fsp3) is 0.357. The Bertz CT molecular complexity index is 407. The van der Waals surface area contributed by atoms with Gasteiger partial charge in [-0.2, -0.15) is 0 Å². The number of hydrogen-bond donors (Lipinski definition) is 0. The van der Waals surface area contributed by atoms with Crippen LogP contribution in [0.1, 0.15) is 37.0 Å². The number of benzene rings is 1. The molecule has 0 bridgehead atoms. The molecule has 0 aliphatic heterocycles. The Morgan fingerprint density at radius 1 is 1.25 bits per heavy atom. The van der Waals surface area contributed by atoms with Gasteiger partial charge in [0.2, 0.25) is 0 Å². The molecule has 2 heteroatoms. The van der Waals surface area contributed by atoms with Gasteiger partial charge in [-0.25, -0.2) is 0 Å². The van der Waals surface area contributed by atoms with Crippen LogP contribution in [0.5, 0.6) is 5.75 Å². The number of ether oxygens (including phenoxy) is 1. The molecule has 0 aromatic heterocycles. The third-order valence-electron chi connectivity index (χ3n) is 2.39. The monoisotopic (exact) mass is 216 g/mol. The average Bonchev–Trinajstić information content (AvgIpc) is 3.01. The zero-order chi connectivity index (χ0) is 11.5. The number of carbonyl (C=O) groups excluding carboxylic acids is 1. The van der Waals surface area contributed by atoms with Gasteiger partial charge in [-0.15, -0.1) is 0 Å². The second kappa shape index (κ2) is 4.52. The predicted molar refractivity (Wildman–Crippen MR) is 63.9 cm³/mol. The van der Waals surface area contributed by atoms with Crippen molar-refractivity contribution in [1.29, 1.82) is 0 Å². The average molecular weight is 216 g/mol. The first-order chi connectivity index (χ1) is 7.65. The van der Waals surface area contributed by atoms with E-state index in [1.165, 1.54) is 0 Å². The standard InChI is InChI=1S/C14H16O2/c1-10(2)9-14(15)11-3-5-12(6-4-11)16-13-7-8-13/h3-6,9,13H,7-8H2,1-2H3. The van der Waals surface area contributed by atoms with Crippen molar-refractivity contribution in [3.05, 3.63) is 41.5 Å². The molecular formula is C14H16O2. The van der Waals surface area contributed by atoms with Crippen molar-refractivity contribution in [3.8, 4) is 5.75 Å². The Kier molecular flexibility index (Phi) is 3.09. The fourth-order valence-corrected chi connectivity index (χ4v) is 1.42. The molecule has 0 spiro atoms. The lowest BCUT2D eigenvalue weighted by Crippen LogP contribution is -1.98. The van der Waals surface area contributed by atoms with E-state index in [1.54, 1.807) is 6.08 Å². The van der Waals surface area contributed by atoms with Gasteiger partial charge in [0, 0.05) is 5.56 Å². The molecular weight excluding hydrogens is 200 g/mol. The second-order valence-corrected chi connectivity index (χ2v) is 4.43. The van der Waals surface area contributed by atoms with E-state index in [4.69, 9.17) is 4.74 Å². The van der Waals surface area contributed by atoms with Crippen molar-refractivity contribution in [2.45, 2.75) is 32.8 Å². The summed E-state index contributed by atoms with van der Waals surface area (Å²) in [7, 11) is 0. The van der Waals surface area contributed by atoms with E-state index in [1.807, 2.05) is 38.1 Å². The van der Waals surface area contributed by atoms with Gasteiger partial charge in [-0.05, 0) is 57.0 Å². The van der Waals surface area contributed by atoms with Crippen LogP contribution in [0.15, 0.2) is 35.9 Å². The lowest BCUT2D eigenvalue weighted by atomic mass is 10.1. The first-order valence-electron chi connectivity index (χ1n) is 5.61. The van der Waals surface area contributed by atoms with Crippen molar-refractivity contribution in [2.75, 3.05) is 0 Å². The Morgan fingerprint density at radius 3 is 2.38 bits per heavy atom. The van der Waals surface area contributed by atoms with Crippen LogP contribution in [0.3, 0.4) is 0 Å². The Balaban J connectivity index is 2.05. The summed E-state index contributed by atoms with van der Waals surface area (Å²) in [6, 6.07) is 7.37. The van der Waals surface area contributed by atoms with Crippen LogP contribution < -0.4 is 4.74 Å². The summed E-state index contributed by atoms with van der Waals surface area (Å²) >= 11 is 0. The molecule has 0 N–H and O–H groups in total. The van der Waals surface area contributed by atoms with Crippen molar-refractivity contribution >= 4 is 5.78 Å². The highest BCUT2D eigenvalue weighted by Gasteiger charge is 2.23. The summed E-state index contributed by atoms with van der Waals surface area (Å²) in [6.07, 6.45) is 4.35. The van der Waals surface area contributed by atoms with Crippen LogP contribution in [0.25, 0.3) is 0 Å². The minimum atomic E-state index is 0.0537. The van der Waals surface area contributed by atoms with Gasteiger partial charge in [0.05, 0.1) is 6.10 Å². The number of allylic oxidation sites excluding steroid dienone is 2. The fourth-order valence-electron chi connectivity index (χ4n) is 1.42. The molecule has 16 heavy (non-hydrogen) atoms. The number of rotatable bonds is 4. The maximum Gasteiger partial charge on any atom is 0.185 e. The SMILES string of the molecule is CC(C)=CC(=O)c1ccc(OC2CC2)cc1. The largest absolute Gasteiger partial charge is 0.490 e. The molecule has 1 aromatic carbocycles. The third kappa shape index (κ3) is 2.96. The summed E-state index contributed by atoms with van der Waals surface area (Å²) in [5.41, 5.74) is 1.73. The van der Waals surface area contributed by atoms with Crippen LogP contribution in [0, 0.1) is 0 Å². The van der Waals surface area contributed by atoms with Gasteiger partial charge in [0.25, 0.3) is 0 Å². The summed E-state index contributed by atoms with van der Waals surface area (Å²) < 4.78 is 5.61. The molecule has 84 valence electrons. The van der Waals surface area contributed by atoms with Gasteiger partial charge in [-0.3, -0.25) is 4.79 Å². The summed E-state index contributed by atoms with van der Waals surface area (Å²) in [6.45, 7) is 3.84. The molecule has 0 unspecified atom stereocenters. The van der Waals surface area contributed by atoms with Crippen molar-refractivity contribution in [1.82, 2.24) is 0 Å². The molecule has 1 aliphatic carbocycles. The van der Waals surface area contributed by atoms with Crippen LogP contribution in [-0.2, 0) is 0 Å². The van der Waals surface area contributed by atoms with E-state index in [-0.39, 0.29) is 5.78 Å². The van der Waals surface area contributed by atoms with Gasteiger partial charge >= 0.3 is 0 Å². The van der Waals surface area contributed by atoms with E-state index < -0.39 is 0 Å². The van der Waals surface area contributed by atoms with Crippen LogP contribution in [0.4, 0.5) is 0 Å². The van der Waals surface area contributed by atoms with E-state index in [9.17, 15) is 4.79 Å². The van der Waals surface area contributed by atoms with Crippen LogP contribution in [0.2, 0.25) is 0 Å². The number of carbonyl (C=O) groups is 1. The highest BCUT2D eigenvalue weighted by atomic mass is 16.5. The third-order valence-corrected chi connectivity index (χ3v) is 2.39. The van der Waals surface area contributed by atoms with E-state index in [2.05, 4.69) is 0 Å². The minimum absolute atomic E-state index is 0.0537. The molecule has 1 aliphatic rings. The molecule has 0 heterocycles. The lowest BCUT2D eigenvalue weighted by molar-refractivity contribution is 0.104. The Morgan fingerprint density at radius 2 is 1.88 bits per heavy atom. The van der Waals surface area contributed by atoms with Crippen molar-refractivity contribution in [3.63, 3.8) is 0 Å². The second-order valence-electron chi connectivity index (χ2n) is 4.43. The molecule has 0 atom stereocenters. The molecule has 1 saturated carbocycles. The molecule has 2 nitrogen and oxygen atoms in total. The molecule has 2 rings (SSSR count). The van der Waals surface area contributed by atoms with E-state index >= 15 is 0 Å². The summed E-state index contributed by atoms with van der Waals surface area (Å²) in [4.78, 5) is 11.7. The van der Waals surface area contributed by atoms with Crippen LogP contribution in [-0.4, -0.2) is 11.9 Å². The summed E-state index contributed by atoms with van der Waals surface area (Å²) in [5, 5.41) is 0. The first kappa shape index (κ1) is 10.9.